The Kier molecular flexibility index (Phi) is 6.87. The minimum absolute atomic E-state index is 0.618. The van der Waals surface area contributed by atoms with E-state index in [0.29, 0.717) is 8.83 Å². The zero-order valence-corrected chi connectivity index (χ0v) is 7.05. The molecule has 0 N–H and O–H groups in total. The topological polar surface area (TPSA) is 0 Å². The Morgan fingerprint density at radius 2 is 2.33 bits per heavy atom. The Morgan fingerprint density at radius 3 is 2.50 bits per heavy atom. The molecule has 4 heteroatoms. The molecule has 0 heterocycles. The Morgan fingerprint density at radius 1 is 1.67 bits per heavy atom. The van der Waals surface area contributed by atoms with Crippen molar-refractivity contribution in [3.8, 4) is 0 Å². The minimum Gasteiger partial charge on any atom is -0.172 e. The highest BCUT2D eigenvalue weighted by atomic mass is 35.6. The van der Waals surface area contributed by atoms with Crippen molar-refractivity contribution in [1.29, 1.82) is 0 Å². The summed E-state index contributed by atoms with van der Waals surface area (Å²) in [5, 5.41) is 0. The second kappa shape index (κ2) is 5.94. The molecule has 0 aliphatic heterocycles. The number of hydrogen-bond acceptors (Lipinski definition) is 0. The molecule has 0 aromatic rings. The van der Waals surface area contributed by atoms with Crippen LogP contribution in [0, 0.1) is 0 Å². The molecule has 0 aromatic heterocycles. The zero-order chi connectivity index (χ0) is 4.83. The number of rotatable bonds is 3. The van der Waals surface area contributed by atoms with Crippen LogP contribution in [0.4, 0.5) is 0 Å². The molecule has 31 valence electrons. The SMILES string of the molecule is [Si]C[Si]C[Si]Cl. The van der Waals surface area contributed by atoms with Gasteiger partial charge in [-0.05, 0) is 0 Å². The fourth-order valence-corrected chi connectivity index (χ4v) is 2.96. The van der Waals surface area contributed by atoms with Gasteiger partial charge in [0, 0.05) is 19.8 Å². The largest absolute Gasteiger partial charge is 0.172 e. The second-order valence-electron chi connectivity index (χ2n) is 0.737. The van der Waals surface area contributed by atoms with Crippen LogP contribution >= 0.6 is 11.1 Å². The first-order chi connectivity index (χ1) is 2.91. The molecule has 0 aliphatic rings. The van der Waals surface area contributed by atoms with Gasteiger partial charge in [-0.2, -0.15) is 11.1 Å². The first-order valence-corrected chi connectivity index (χ1v) is 5.94. The monoisotopic (exact) mass is 147 g/mol. The molecule has 0 amide bonds. The first-order valence-electron chi connectivity index (χ1n) is 1.60. The molecule has 6 heavy (non-hydrogen) atoms. The maximum absolute atomic E-state index is 5.39. The van der Waals surface area contributed by atoms with E-state index in [4.69, 9.17) is 11.1 Å². The maximum atomic E-state index is 5.39. The van der Waals surface area contributed by atoms with E-state index in [0.717, 1.165) is 15.2 Å². The van der Waals surface area contributed by atoms with E-state index in [9.17, 15) is 0 Å². The van der Waals surface area contributed by atoms with Gasteiger partial charge in [0.15, 0.2) is 8.83 Å². The molecule has 0 rings (SSSR count). The Labute approximate surface area is 51.4 Å². The zero-order valence-electron chi connectivity index (χ0n) is 3.29. The smallest absolute Gasteiger partial charge is 0.168 e. The molecule has 7 radical (unpaired) electrons. The van der Waals surface area contributed by atoms with Crippen LogP contribution in [0.5, 0.6) is 0 Å². The van der Waals surface area contributed by atoms with Crippen LogP contribution in [-0.4, -0.2) is 28.6 Å². The highest BCUT2D eigenvalue weighted by Gasteiger charge is 1.81. The molecule has 0 bridgehead atoms. The minimum atomic E-state index is 0.618. The van der Waals surface area contributed by atoms with E-state index < -0.39 is 0 Å². The lowest BCUT2D eigenvalue weighted by Crippen LogP contribution is -1.89. The average Bonchev–Trinajstić information content (AvgIpc) is 1.61. The van der Waals surface area contributed by atoms with Gasteiger partial charge in [-0.15, -0.1) is 0 Å². The van der Waals surface area contributed by atoms with E-state index in [1.165, 1.54) is 5.67 Å². The van der Waals surface area contributed by atoms with Crippen LogP contribution in [0.15, 0.2) is 0 Å². The third-order valence-electron chi connectivity index (χ3n) is 0.317. The quantitative estimate of drug-likeness (QED) is 0.310. The molecule has 0 saturated heterocycles. The summed E-state index contributed by atoms with van der Waals surface area (Å²) in [6.45, 7) is 0. The Hall–Kier alpha value is 0.941. The summed E-state index contributed by atoms with van der Waals surface area (Å²) >= 11 is 5.39. The third kappa shape index (κ3) is 4.94. The molecule has 0 nitrogen and oxygen atoms in total. The molecule has 0 fully saturated rings. The van der Waals surface area contributed by atoms with Crippen molar-refractivity contribution in [2.24, 2.45) is 0 Å². The maximum Gasteiger partial charge on any atom is 0.168 e. The molecule has 0 aliphatic carbocycles. The van der Waals surface area contributed by atoms with Crippen molar-refractivity contribution in [2.45, 2.75) is 11.3 Å². The highest BCUT2D eigenvalue weighted by molar-refractivity contribution is 6.97. The molecule has 0 atom stereocenters. The number of hydrogen-bond donors (Lipinski definition) is 0. The van der Waals surface area contributed by atoms with Crippen molar-refractivity contribution in [3.63, 3.8) is 0 Å². The van der Waals surface area contributed by atoms with E-state index >= 15 is 0 Å². The van der Waals surface area contributed by atoms with Gasteiger partial charge in [-0.1, -0.05) is 11.3 Å². The Bertz CT molecular complexity index is 20.8. The van der Waals surface area contributed by atoms with Gasteiger partial charge in [0.1, 0.15) is 0 Å². The fourth-order valence-electron chi connectivity index (χ4n) is 0.110. The van der Waals surface area contributed by atoms with Gasteiger partial charge in [-0.3, -0.25) is 0 Å². The normalized spacial score (nSPS) is 9.00. The summed E-state index contributed by atoms with van der Waals surface area (Å²) in [5.41, 5.74) is 2.30. The summed E-state index contributed by atoms with van der Waals surface area (Å²) < 4.78 is 0. The van der Waals surface area contributed by atoms with Crippen LogP contribution in [0.1, 0.15) is 0 Å². The first kappa shape index (κ1) is 6.94. The highest BCUT2D eigenvalue weighted by Crippen LogP contribution is 1.79. The van der Waals surface area contributed by atoms with Crippen molar-refractivity contribution in [2.75, 3.05) is 0 Å². The molecule has 0 spiro atoms. The van der Waals surface area contributed by atoms with Crippen molar-refractivity contribution in [1.82, 2.24) is 0 Å². The molecule has 0 unspecified atom stereocenters. The summed E-state index contributed by atoms with van der Waals surface area (Å²) in [4.78, 5) is 0. The lowest BCUT2D eigenvalue weighted by atomic mass is 11.8. The summed E-state index contributed by atoms with van der Waals surface area (Å²) in [6, 6.07) is 0. The summed E-state index contributed by atoms with van der Waals surface area (Å²) in [7, 11) is 4.98. The van der Waals surface area contributed by atoms with Crippen molar-refractivity contribution >= 4 is 39.7 Å². The van der Waals surface area contributed by atoms with Crippen LogP contribution in [0.2, 0.25) is 11.3 Å². The van der Waals surface area contributed by atoms with Crippen molar-refractivity contribution in [3.05, 3.63) is 0 Å². The predicted octanol–water partition coefficient (Wildman–Crippen LogP) is 0.469. The van der Waals surface area contributed by atoms with Crippen LogP contribution in [-0.2, 0) is 0 Å². The Balaban J connectivity index is 2.34. The molecular weight excluding hydrogens is 144 g/mol. The van der Waals surface area contributed by atoms with Gasteiger partial charge in [-0.25, -0.2) is 0 Å². The lowest BCUT2D eigenvalue weighted by molar-refractivity contribution is 1.91. The van der Waals surface area contributed by atoms with Gasteiger partial charge in [0.25, 0.3) is 0 Å². The second-order valence-corrected chi connectivity index (χ2v) is 5.13. The van der Waals surface area contributed by atoms with Crippen LogP contribution < -0.4 is 0 Å². The summed E-state index contributed by atoms with van der Waals surface area (Å²) in [5.74, 6) is 0. The van der Waals surface area contributed by atoms with Gasteiger partial charge >= 0.3 is 0 Å². The predicted molar refractivity (Wildman–Crippen MR) is 32.7 cm³/mol. The van der Waals surface area contributed by atoms with E-state index in [2.05, 4.69) is 10.2 Å². The molecule has 0 aromatic carbocycles. The molecular formula is C2H4ClSi3. The van der Waals surface area contributed by atoms with Crippen LogP contribution in [0.3, 0.4) is 0 Å². The average molecular weight is 148 g/mol. The number of halogens is 1. The van der Waals surface area contributed by atoms with Gasteiger partial charge in [0.2, 0.25) is 0 Å². The van der Waals surface area contributed by atoms with E-state index in [1.807, 2.05) is 0 Å². The van der Waals surface area contributed by atoms with Gasteiger partial charge < -0.3 is 0 Å². The molecule has 0 saturated carbocycles. The van der Waals surface area contributed by atoms with E-state index in [1.54, 1.807) is 0 Å². The summed E-state index contributed by atoms with van der Waals surface area (Å²) in [6.07, 6.45) is 0. The van der Waals surface area contributed by atoms with Gasteiger partial charge in [0.05, 0.1) is 0 Å². The third-order valence-corrected chi connectivity index (χ3v) is 4.05. The standard InChI is InChI=1S/C2H4ClSi3/c3-6-2-5-1-4/h1-2H2. The lowest BCUT2D eigenvalue weighted by Gasteiger charge is -1.80. The van der Waals surface area contributed by atoms with E-state index in [-0.39, 0.29) is 0 Å². The van der Waals surface area contributed by atoms with Crippen molar-refractivity contribution < 1.29 is 0 Å². The fraction of sp³-hybridized carbons (Fsp3) is 1.00. The van der Waals surface area contributed by atoms with Crippen LogP contribution in [0.25, 0.3) is 0 Å².